The van der Waals surface area contributed by atoms with Gasteiger partial charge in [-0.3, -0.25) is 9.89 Å². The molecule has 22 heavy (non-hydrogen) atoms. The Morgan fingerprint density at radius 2 is 2.18 bits per heavy atom. The molecule has 1 atom stereocenters. The van der Waals surface area contributed by atoms with Gasteiger partial charge in [-0.25, -0.2) is 4.98 Å². The van der Waals surface area contributed by atoms with E-state index in [9.17, 15) is 4.79 Å². The largest absolute Gasteiger partial charge is 0.340 e. The van der Waals surface area contributed by atoms with Crippen LogP contribution >= 0.6 is 11.3 Å². The Morgan fingerprint density at radius 3 is 2.73 bits per heavy atom. The molecule has 0 spiro atoms. The second kappa shape index (κ2) is 7.05. The molecular formula is C16H24N4OS. The second-order valence-electron chi connectivity index (χ2n) is 5.79. The number of rotatable bonds is 6. The maximum Gasteiger partial charge on any atom is 0.225 e. The Kier molecular flexibility index (Phi) is 5.34. The lowest BCUT2D eigenvalue weighted by Crippen LogP contribution is -2.32. The van der Waals surface area contributed by atoms with Gasteiger partial charge in [0, 0.05) is 29.7 Å². The topological polar surface area (TPSA) is 61.9 Å². The highest BCUT2D eigenvalue weighted by Gasteiger charge is 2.21. The number of carbonyl (C=O) groups excluding carboxylic acids is 1. The van der Waals surface area contributed by atoms with Gasteiger partial charge in [0.25, 0.3) is 0 Å². The Bertz CT molecular complexity index is 627. The molecule has 0 saturated heterocycles. The summed E-state index contributed by atoms with van der Waals surface area (Å²) in [5.41, 5.74) is 3.19. The van der Waals surface area contributed by atoms with Crippen molar-refractivity contribution in [2.24, 2.45) is 5.92 Å². The number of aromatic nitrogens is 3. The summed E-state index contributed by atoms with van der Waals surface area (Å²) in [5.74, 6) is 0.102. The molecule has 120 valence electrons. The van der Waals surface area contributed by atoms with Crippen molar-refractivity contribution in [3.05, 3.63) is 33.0 Å². The molecule has 2 heterocycles. The molecule has 1 N–H and O–H groups in total. The van der Waals surface area contributed by atoms with E-state index in [4.69, 9.17) is 0 Å². The van der Waals surface area contributed by atoms with Crippen LogP contribution in [0.1, 0.15) is 40.7 Å². The van der Waals surface area contributed by atoms with E-state index in [1.54, 1.807) is 16.2 Å². The van der Waals surface area contributed by atoms with E-state index in [0.29, 0.717) is 6.54 Å². The van der Waals surface area contributed by atoms with E-state index in [1.165, 1.54) is 0 Å². The molecule has 5 nitrogen and oxygen atoms in total. The van der Waals surface area contributed by atoms with E-state index in [1.807, 2.05) is 34.0 Å². The number of aryl methyl sites for hydroxylation is 3. The average molecular weight is 320 g/mol. The summed E-state index contributed by atoms with van der Waals surface area (Å²) < 4.78 is 0. The van der Waals surface area contributed by atoms with Gasteiger partial charge < -0.3 is 4.90 Å². The van der Waals surface area contributed by atoms with Crippen molar-refractivity contribution in [2.45, 2.75) is 47.1 Å². The van der Waals surface area contributed by atoms with E-state index in [0.717, 1.165) is 39.7 Å². The fourth-order valence-electron chi connectivity index (χ4n) is 2.54. The quantitative estimate of drug-likeness (QED) is 0.890. The first-order valence-electron chi connectivity index (χ1n) is 7.61. The number of nitrogens with one attached hydrogen (secondary N) is 1. The maximum absolute atomic E-state index is 12.6. The third-order valence-electron chi connectivity index (χ3n) is 3.89. The molecule has 0 bridgehead atoms. The first kappa shape index (κ1) is 16.7. The summed E-state index contributed by atoms with van der Waals surface area (Å²) >= 11 is 1.68. The molecule has 0 saturated carbocycles. The van der Waals surface area contributed by atoms with Crippen molar-refractivity contribution in [2.75, 3.05) is 7.05 Å². The van der Waals surface area contributed by atoms with Crippen molar-refractivity contribution in [3.8, 4) is 0 Å². The van der Waals surface area contributed by atoms with Gasteiger partial charge in [-0.15, -0.1) is 11.3 Å². The van der Waals surface area contributed by atoms with Crippen LogP contribution in [0.25, 0.3) is 0 Å². The summed E-state index contributed by atoms with van der Waals surface area (Å²) in [4.78, 5) is 19.8. The summed E-state index contributed by atoms with van der Waals surface area (Å²) in [5, 5.41) is 8.29. The molecule has 2 aromatic heterocycles. The van der Waals surface area contributed by atoms with Crippen LogP contribution in [0.3, 0.4) is 0 Å². The van der Waals surface area contributed by atoms with E-state index >= 15 is 0 Å². The van der Waals surface area contributed by atoms with Crippen LogP contribution < -0.4 is 0 Å². The van der Waals surface area contributed by atoms with Crippen LogP contribution in [-0.4, -0.2) is 33.0 Å². The summed E-state index contributed by atoms with van der Waals surface area (Å²) in [6, 6.07) is 0. The minimum absolute atomic E-state index is 0.0569. The molecular weight excluding hydrogens is 296 g/mol. The van der Waals surface area contributed by atoms with Crippen molar-refractivity contribution < 1.29 is 4.79 Å². The molecule has 0 fully saturated rings. The van der Waals surface area contributed by atoms with Gasteiger partial charge in [0.1, 0.15) is 0 Å². The van der Waals surface area contributed by atoms with Gasteiger partial charge in [-0.2, -0.15) is 5.10 Å². The fourth-order valence-corrected chi connectivity index (χ4v) is 3.46. The smallest absolute Gasteiger partial charge is 0.225 e. The highest BCUT2D eigenvalue weighted by molar-refractivity contribution is 7.11. The van der Waals surface area contributed by atoms with Crippen LogP contribution in [0.4, 0.5) is 0 Å². The molecule has 0 aromatic carbocycles. The van der Waals surface area contributed by atoms with Gasteiger partial charge >= 0.3 is 0 Å². The highest BCUT2D eigenvalue weighted by atomic mass is 32.1. The van der Waals surface area contributed by atoms with Gasteiger partial charge in [0.2, 0.25) is 5.91 Å². The number of thiazole rings is 1. The lowest BCUT2D eigenvalue weighted by atomic mass is 9.98. The van der Waals surface area contributed by atoms with E-state index in [2.05, 4.69) is 22.1 Å². The van der Waals surface area contributed by atoms with Crippen molar-refractivity contribution in [3.63, 3.8) is 0 Å². The SMILES string of the molecule is CCc1ncc(CN(C)C(=O)C(C)Cc2c(C)n[nH]c2C)s1. The summed E-state index contributed by atoms with van der Waals surface area (Å²) in [6.07, 6.45) is 3.54. The summed E-state index contributed by atoms with van der Waals surface area (Å²) in [7, 11) is 1.86. The lowest BCUT2D eigenvalue weighted by Gasteiger charge is -2.20. The van der Waals surface area contributed by atoms with E-state index in [-0.39, 0.29) is 11.8 Å². The first-order valence-corrected chi connectivity index (χ1v) is 8.43. The number of nitrogens with zero attached hydrogens (tertiary/aromatic N) is 3. The Morgan fingerprint density at radius 1 is 1.45 bits per heavy atom. The zero-order chi connectivity index (χ0) is 16.3. The fraction of sp³-hybridized carbons (Fsp3) is 0.562. The zero-order valence-electron chi connectivity index (χ0n) is 13.9. The van der Waals surface area contributed by atoms with E-state index < -0.39 is 0 Å². The normalized spacial score (nSPS) is 12.4. The predicted octanol–water partition coefficient (Wildman–Crippen LogP) is 2.88. The van der Waals surface area contributed by atoms with Crippen molar-refractivity contribution >= 4 is 17.2 Å². The average Bonchev–Trinajstić information content (AvgIpc) is 3.07. The van der Waals surface area contributed by atoms with Gasteiger partial charge in [-0.05, 0) is 32.3 Å². The number of carbonyl (C=O) groups is 1. The van der Waals surface area contributed by atoms with Crippen molar-refractivity contribution in [1.29, 1.82) is 0 Å². The minimum Gasteiger partial charge on any atom is -0.340 e. The molecule has 0 aliphatic carbocycles. The molecule has 1 unspecified atom stereocenters. The van der Waals surface area contributed by atoms with Crippen LogP contribution in [0.5, 0.6) is 0 Å². The Balaban J connectivity index is 1.97. The highest BCUT2D eigenvalue weighted by Crippen LogP contribution is 2.19. The molecule has 0 aliphatic rings. The molecule has 2 aromatic rings. The minimum atomic E-state index is -0.0569. The molecule has 1 amide bonds. The standard InChI is InChI=1S/C16H24N4OS/c1-6-15-17-8-13(22-15)9-20(5)16(21)10(2)7-14-11(3)18-19-12(14)4/h8,10H,6-7,9H2,1-5H3,(H,18,19). The number of hydrogen-bond acceptors (Lipinski definition) is 4. The number of aromatic amines is 1. The molecule has 0 aliphatic heterocycles. The van der Waals surface area contributed by atoms with Crippen LogP contribution in [0.15, 0.2) is 6.20 Å². The lowest BCUT2D eigenvalue weighted by molar-refractivity contribution is -0.134. The predicted molar refractivity (Wildman–Crippen MR) is 88.9 cm³/mol. The second-order valence-corrected chi connectivity index (χ2v) is 6.99. The van der Waals surface area contributed by atoms with Crippen molar-refractivity contribution in [1.82, 2.24) is 20.1 Å². The number of H-pyrrole nitrogens is 1. The van der Waals surface area contributed by atoms with Gasteiger partial charge in [0.15, 0.2) is 0 Å². The number of hydrogen-bond donors (Lipinski definition) is 1. The third-order valence-corrected chi connectivity index (χ3v) is 5.01. The Labute approximate surface area is 135 Å². The van der Waals surface area contributed by atoms with Gasteiger partial charge in [0.05, 0.1) is 17.2 Å². The van der Waals surface area contributed by atoms with Crippen LogP contribution in [-0.2, 0) is 24.2 Å². The van der Waals surface area contributed by atoms with Crippen LogP contribution in [0, 0.1) is 19.8 Å². The Hall–Kier alpha value is -1.69. The number of amides is 1. The van der Waals surface area contributed by atoms with Gasteiger partial charge in [-0.1, -0.05) is 13.8 Å². The monoisotopic (exact) mass is 320 g/mol. The molecule has 6 heteroatoms. The van der Waals surface area contributed by atoms with Crippen LogP contribution in [0.2, 0.25) is 0 Å². The summed E-state index contributed by atoms with van der Waals surface area (Å²) in [6.45, 7) is 8.68. The first-order chi connectivity index (χ1) is 10.4. The maximum atomic E-state index is 12.6. The molecule has 2 rings (SSSR count). The zero-order valence-corrected chi connectivity index (χ0v) is 14.8. The third kappa shape index (κ3) is 3.74. The molecule has 0 radical (unpaired) electrons.